The summed E-state index contributed by atoms with van der Waals surface area (Å²) in [7, 11) is 0. The minimum absolute atomic E-state index is 0.580. The van der Waals surface area contributed by atoms with Gasteiger partial charge in [0.05, 0.1) is 12.0 Å². The lowest BCUT2D eigenvalue weighted by Crippen LogP contribution is -2.26. The second kappa shape index (κ2) is 6.20. The Kier molecular flexibility index (Phi) is 4.60. The van der Waals surface area contributed by atoms with Gasteiger partial charge in [0, 0.05) is 18.3 Å². The highest BCUT2D eigenvalue weighted by Gasteiger charge is 2.19. The van der Waals surface area contributed by atoms with Gasteiger partial charge < -0.3 is 9.88 Å². The van der Waals surface area contributed by atoms with Crippen molar-refractivity contribution in [1.29, 1.82) is 0 Å². The van der Waals surface area contributed by atoms with E-state index in [-0.39, 0.29) is 0 Å². The smallest absolute Gasteiger partial charge is 0.0954 e. The lowest BCUT2D eigenvalue weighted by atomic mass is 10.0. The Morgan fingerprint density at radius 1 is 1.35 bits per heavy atom. The second-order valence-corrected chi connectivity index (χ2v) is 5.02. The molecule has 1 atom stereocenters. The standard InChI is InChI=1S/C14H25N3/c1-3-9-15-10-12(4-2)17-11-16-13-7-5-6-8-14(13)17/h11-12,15H,3-10H2,1-2H3. The average Bonchev–Trinajstić information content (AvgIpc) is 2.79. The maximum absolute atomic E-state index is 4.59. The molecule has 0 aromatic carbocycles. The third-order valence-corrected chi connectivity index (χ3v) is 3.73. The lowest BCUT2D eigenvalue weighted by molar-refractivity contribution is 0.431. The van der Waals surface area contributed by atoms with Crippen molar-refractivity contribution in [3.8, 4) is 0 Å². The highest BCUT2D eigenvalue weighted by Crippen LogP contribution is 2.23. The van der Waals surface area contributed by atoms with Crippen molar-refractivity contribution < 1.29 is 0 Å². The molecule has 2 rings (SSSR count). The Morgan fingerprint density at radius 3 is 2.94 bits per heavy atom. The van der Waals surface area contributed by atoms with Gasteiger partial charge in [0.15, 0.2) is 0 Å². The van der Waals surface area contributed by atoms with Crippen LogP contribution in [0.5, 0.6) is 0 Å². The van der Waals surface area contributed by atoms with Gasteiger partial charge in [-0.2, -0.15) is 0 Å². The number of rotatable bonds is 6. The van der Waals surface area contributed by atoms with Crippen molar-refractivity contribution in [2.45, 2.75) is 58.4 Å². The van der Waals surface area contributed by atoms with Gasteiger partial charge in [0.2, 0.25) is 0 Å². The van der Waals surface area contributed by atoms with E-state index in [0.717, 1.165) is 13.1 Å². The summed E-state index contributed by atoms with van der Waals surface area (Å²) < 4.78 is 2.43. The van der Waals surface area contributed by atoms with Gasteiger partial charge in [-0.3, -0.25) is 0 Å². The molecule has 3 heteroatoms. The molecule has 17 heavy (non-hydrogen) atoms. The third-order valence-electron chi connectivity index (χ3n) is 3.73. The van der Waals surface area contributed by atoms with Gasteiger partial charge in [-0.05, 0) is 45.1 Å². The van der Waals surface area contributed by atoms with Crippen molar-refractivity contribution in [3.05, 3.63) is 17.7 Å². The quantitative estimate of drug-likeness (QED) is 0.768. The molecule has 0 aliphatic heterocycles. The zero-order valence-electron chi connectivity index (χ0n) is 11.2. The van der Waals surface area contributed by atoms with Crippen molar-refractivity contribution in [2.75, 3.05) is 13.1 Å². The SMILES string of the molecule is CCCNCC(CC)n1cnc2c1CCCC2. The minimum atomic E-state index is 0.580. The predicted molar refractivity (Wildman–Crippen MR) is 71.4 cm³/mol. The number of fused-ring (bicyclic) bond motifs is 1. The van der Waals surface area contributed by atoms with Gasteiger partial charge in [0.25, 0.3) is 0 Å². The molecule has 1 unspecified atom stereocenters. The van der Waals surface area contributed by atoms with E-state index in [9.17, 15) is 0 Å². The summed E-state index contributed by atoms with van der Waals surface area (Å²) >= 11 is 0. The molecule has 0 radical (unpaired) electrons. The summed E-state index contributed by atoms with van der Waals surface area (Å²) in [5.74, 6) is 0. The van der Waals surface area contributed by atoms with E-state index in [1.807, 2.05) is 0 Å². The molecule has 0 spiro atoms. The monoisotopic (exact) mass is 235 g/mol. The molecular formula is C14H25N3. The molecule has 0 saturated carbocycles. The molecule has 96 valence electrons. The first-order chi connectivity index (χ1) is 8.36. The van der Waals surface area contributed by atoms with Crippen LogP contribution in [0.3, 0.4) is 0 Å². The normalized spacial score (nSPS) is 16.8. The van der Waals surface area contributed by atoms with Gasteiger partial charge in [-0.25, -0.2) is 4.98 Å². The average molecular weight is 235 g/mol. The van der Waals surface area contributed by atoms with Gasteiger partial charge in [-0.1, -0.05) is 13.8 Å². The lowest BCUT2D eigenvalue weighted by Gasteiger charge is -2.22. The number of aromatic nitrogens is 2. The van der Waals surface area contributed by atoms with Gasteiger partial charge in [-0.15, -0.1) is 0 Å². The van der Waals surface area contributed by atoms with Crippen LogP contribution < -0.4 is 5.32 Å². The molecule has 1 aromatic rings. The summed E-state index contributed by atoms with van der Waals surface area (Å²) in [6.45, 7) is 6.68. The second-order valence-electron chi connectivity index (χ2n) is 5.02. The van der Waals surface area contributed by atoms with Crippen molar-refractivity contribution in [3.63, 3.8) is 0 Å². The number of hydrogen-bond donors (Lipinski definition) is 1. The summed E-state index contributed by atoms with van der Waals surface area (Å²) in [5.41, 5.74) is 2.85. The molecule has 0 bridgehead atoms. The fraction of sp³-hybridized carbons (Fsp3) is 0.786. The van der Waals surface area contributed by atoms with E-state index in [1.54, 1.807) is 0 Å². The highest BCUT2D eigenvalue weighted by atomic mass is 15.1. The van der Waals surface area contributed by atoms with Gasteiger partial charge >= 0.3 is 0 Å². The Hall–Kier alpha value is -0.830. The maximum Gasteiger partial charge on any atom is 0.0954 e. The van der Waals surface area contributed by atoms with Crippen molar-refractivity contribution >= 4 is 0 Å². The maximum atomic E-state index is 4.59. The Morgan fingerprint density at radius 2 is 2.18 bits per heavy atom. The van der Waals surface area contributed by atoms with E-state index in [0.29, 0.717) is 6.04 Å². The van der Waals surface area contributed by atoms with Crippen LogP contribution in [0.15, 0.2) is 6.33 Å². The van der Waals surface area contributed by atoms with Crippen LogP contribution in [0.4, 0.5) is 0 Å². The summed E-state index contributed by atoms with van der Waals surface area (Å²) in [4.78, 5) is 4.59. The van der Waals surface area contributed by atoms with Gasteiger partial charge in [0.1, 0.15) is 0 Å². The van der Waals surface area contributed by atoms with E-state index in [1.165, 1.54) is 49.9 Å². The highest BCUT2D eigenvalue weighted by molar-refractivity contribution is 5.17. The van der Waals surface area contributed by atoms with Crippen LogP contribution in [-0.4, -0.2) is 22.6 Å². The summed E-state index contributed by atoms with van der Waals surface area (Å²) in [6, 6.07) is 0.580. The number of hydrogen-bond acceptors (Lipinski definition) is 2. The predicted octanol–water partition coefficient (Wildman–Crippen LogP) is 2.71. The number of nitrogens with one attached hydrogen (secondary N) is 1. The first kappa shape index (κ1) is 12.6. The number of nitrogens with zero attached hydrogens (tertiary/aromatic N) is 2. The first-order valence-electron chi connectivity index (χ1n) is 7.12. The molecule has 0 amide bonds. The van der Waals surface area contributed by atoms with E-state index >= 15 is 0 Å². The van der Waals surface area contributed by atoms with E-state index < -0.39 is 0 Å². The van der Waals surface area contributed by atoms with Crippen LogP contribution in [-0.2, 0) is 12.8 Å². The van der Waals surface area contributed by atoms with Crippen molar-refractivity contribution in [2.24, 2.45) is 0 Å². The topological polar surface area (TPSA) is 29.9 Å². The largest absolute Gasteiger partial charge is 0.330 e. The molecule has 1 aliphatic carbocycles. The number of aryl methyl sites for hydroxylation is 1. The molecule has 1 N–H and O–H groups in total. The Bertz CT molecular complexity index is 343. The van der Waals surface area contributed by atoms with Crippen LogP contribution in [0, 0.1) is 0 Å². The molecule has 3 nitrogen and oxygen atoms in total. The molecule has 1 aliphatic rings. The minimum Gasteiger partial charge on any atom is -0.330 e. The van der Waals surface area contributed by atoms with Crippen LogP contribution in [0.1, 0.15) is 57.0 Å². The number of imidazole rings is 1. The fourth-order valence-electron chi connectivity index (χ4n) is 2.69. The van der Waals surface area contributed by atoms with E-state index in [2.05, 4.69) is 35.0 Å². The van der Waals surface area contributed by atoms with Crippen LogP contribution >= 0.6 is 0 Å². The molecule has 1 aromatic heterocycles. The van der Waals surface area contributed by atoms with Crippen molar-refractivity contribution in [1.82, 2.24) is 14.9 Å². The molecular weight excluding hydrogens is 210 g/mol. The van der Waals surface area contributed by atoms with Crippen LogP contribution in [0.25, 0.3) is 0 Å². The molecule has 0 saturated heterocycles. The molecule has 0 fully saturated rings. The summed E-state index contributed by atoms with van der Waals surface area (Å²) in [5, 5.41) is 3.53. The Balaban J connectivity index is 2.05. The third kappa shape index (κ3) is 2.89. The first-order valence-corrected chi connectivity index (χ1v) is 7.12. The van der Waals surface area contributed by atoms with E-state index in [4.69, 9.17) is 0 Å². The van der Waals surface area contributed by atoms with Crippen LogP contribution in [0.2, 0.25) is 0 Å². The zero-order valence-corrected chi connectivity index (χ0v) is 11.2. The molecule has 1 heterocycles. The fourth-order valence-corrected chi connectivity index (χ4v) is 2.69. The summed E-state index contributed by atoms with van der Waals surface area (Å²) in [6.07, 6.45) is 9.50. The Labute approximate surface area is 105 Å². The zero-order chi connectivity index (χ0) is 12.1.